The summed E-state index contributed by atoms with van der Waals surface area (Å²) in [6.45, 7) is 0.736. The van der Waals surface area contributed by atoms with E-state index in [4.69, 9.17) is 15.9 Å². The number of terminal acetylenes is 1. The molecule has 0 bridgehead atoms. The molecule has 0 heterocycles. The molecule has 0 aliphatic heterocycles. The number of hydrogen-bond acceptors (Lipinski definition) is 3. The number of halogens is 1. The minimum Gasteiger partial charge on any atom is -0.494 e. The second-order valence-electron chi connectivity index (χ2n) is 4.30. The van der Waals surface area contributed by atoms with E-state index < -0.39 is 0 Å². The quantitative estimate of drug-likeness (QED) is 0.825. The van der Waals surface area contributed by atoms with Crippen molar-refractivity contribution in [1.82, 2.24) is 0 Å². The van der Waals surface area contributed by atoms with Crippen LogP contribution in [0.25, 0.3) is 0 Å². The van der Waals surface area contributed by atoms with Crippen LogP contribution >= 0.6 is 0 Å². The van der Waals surface area contributed by atoms with Crippen LogP contribution in [0.1, 0.15) is 5.56 Å². The van der Waals surface area contributed by atoms with Gasteiger partial charge in [0, 0.05) is 18.2 Å². The number of benzene rings is 2. The van der Waals surface area contributed by atoms with E-state index in [-0.39, 0.29) is 12.4 Å². The molecule has 21 heavy (non-hydrogen) atoms. The monoisotopic (exact) mass is 285 g/mol. The predicted octanol–water partition coefficient (Wildman–Crippen LogP) is 3.46. The SMILES string of the molecule is C#CCOc1ccccc1CNc1ccc(F)cc1OC. The average Bonchev–Trinajstić information content (AvgIpc) is 2.52. The van der Waals surface area contributed by atoms with Crippen LogP contribution in [0, 0.1) is 18.2 Å². The van der Waals surface area contributed by atoms with E-state index in [1.807, 2.05) is 24.3 Å². The Balaban J connectivity index is 2.11. The van der Waals surface area contributed by atoms with Gasteiger partial charge in [-0.3, -0.25) is 0 Å². The Morgan fingerprint density at radius 3 is 2.76 bits per heavy atom. The van der Waals surface area contributed by atoms with Gasteiger partial charge in [-0.25, -0.2) is 4.39 Å². The first kappa shape index (κ1) is 14.7. The number of hydrogen-bond donors (Lipinski definition) is 1. The molecule has 2 aromatic carbocycles. The Morgan fingerprint density at radius 1 is 1.19 bits per heavy atom. The zero-order chi connectivity index (χ0) is 15.1. The van der Waals surface area contributed by atoms with Crippen LogP contribution in [0.4, 0.5) is 10.1 Å². The third-order valence-electron chi connectivity index (χ3n) is 2.92. The number of methoxy groups -OCH3 is 1. The summed E-state index contributed by atoms with van der Waals surface area (Å²) in [6.07, 6.45) is 5.20. The summed E-state index contributed by atoms with van der Waals surface area (Å²) >= 11 is 0. The van der Waals surface area contributed by atoms with Gasteiger partial charge >= 0.3 is 0 Å². The zero-order valence-corrected chi connectivity index (χ0v) is 11.7. The van der Waals surface area contributed by atoms with Crippen LogP contribution in [-0.2, 0) is 6.54 Å². The molecule has 0 amide bonds. The maximum Gasteiger partial charge on any atom is 0.148 e. The fourth-order valence-electron chi connectivity index (χ4n) is 1.91. The number of anilines is 1. The zero-order valence-electron chi connectivity index (χ0n) is 11.7. The van der Waals surface area contributed by atoms with E-state index >= 15 is 0 Å². The summed E-state index contributed by atoms with van der Waals surface area (Å²) < 4.78 is 23.8. The fraction of sp³-hybridized carbons (Fsp3) is 0.176. The second-order valence-corrected chi connectivity index (χ2v) is 4.30. The minimum atomic E-state index is -0.338. The maximum atomic E-state index is 13.2. The van der Waals surface area contributed by atoms with Gasteiger partial charge in [-0.1, -0.05) is 24.1 Å². The van der Waals surface area contributed by atoms with Crippen LogP contribution in [0.5, 0.6) is 11.5 Å². The van der Waals surface area contributed by atoms with Gasteiger partial charge in [-0.05, 0) is 18.2 Å². The van der Waals surface area contributed by atoms with E-state index in [1.54, 1.807) is 6.07 Å². The molecule has 0 fully saturated rings. The molecule has 3 nitrogen and oxygen atoms in total. The van der Waals surface area contributed by atoms with Crippen LogP contribution in [0.3, 0.4) is 0 Å². The van der Waals surface area contributed by atoms with Crippen LogP contribution in [0.2, 0.25) is 0 Å². The Labute approximate surface area is 123 Å². The standard InChI is InChI=1S/C17H16FNO2/c1-3-10-21-16-7-5-4-6-13(16)12-19-15-9-8-14(18)11-17(15)20-2/h1,4-9,11,19H,10,12H2,2H3. The highest BCUT2D eigenvalue weighted by Crippen LogP contribution is 2.26. The molecule has 1 N–H and O–H groups in total. The molecule has 0 saturated heterocycles. The van der Waals surface area contributed by atoms with Crippen LogP contribution < -0.4 is 14.8 Å². The van der Waals surface area contributed by atoms with Crippen molar-refractivity contribution < 1.29 is 13.9 Å². The first-order valence-electron chi connectivity index (χ1n) is 6.46. The van der Waals surface area contributed by atoms with Gasteiger partial charge in [0.25, 0.3) is 0 Å². The molecule has 0 aliphatic carbocycles. The van der Waals surface area contributed by atoms with Crippen molar-refractivity contribution in [3.05, 3.63) is 53.8 Å². The van der Waals surface area contributed by atoms with Crippen molar-refractivity contribution in [2.24, 2.45) is 0 Å². The minimum absolute atomic E-state index is 0.219. The molecule has 0 aromatic heterocycles. The van der Waals surface area contributed by atoms with E-state index in [2.05, 4.69) is 11.2 Å². The lowest BCUT2D eigenvalue weighted by molar-refractivity contribution is 0.366. The molecule has 0 aliphatic rings. The Morgan fingerprint density at radius 2 is 2.00 bits per heavy atom. The average molecular weight is 285 g/mol. The molecule has 108 valence electrons. The predicted molar refractivity (Wildman–Crippen MR) is 81.0 cm³/mol. The maximum absolute atomic E-state index is 13.2. The lowest BCUT2D eigenvalue weighted by atomic mass is 10.2. The first-order valence-corrected chi connectivity index (χ1v) is 6.46. The molecule has 2 rings (SSSR count). The van der Waals surface area contributed by atoms with Crippen molar-refractivity contribution in [2.45, 2.75) is 6.54 Å². The summed E-state index contributed by atoms with van der Waals surface area (Å²) in [5, 5.41) is 3.20. The van der Waals surface area contributed by atoms with Gasteiger partial charge in [-0.15, -0.1) is 6.42 Å². The van der Waals surface area contributed by atoms with Gasteiger partial charge in [0.05, 0.1) is 12.8 Å². The largest absolute Gasteiger partial charge is 0.494 e. The molecule has 0 atom stereocenters. The summed E-state index contributed by atoms with van der Waals surface area (Å²) in [6, 6.07) is 12.0. The summed E-state index contributed by atoms with van der Waals surface area (Å²) in [5.74, 6) is 3.28. The molecule has 4 heteroatoms. The van der Waals surface area contributed by atoms with Gasteiger partial charge in [-0.2, -0.15) is 0 Å². The van der Waals surface area contributed by atoms with Crippen molar-refractivity contribution in [2.75, 3.05) is 19.0 Å². The third-order valence-corrected chi connectivity index (χ3v) is 2.92. The van der Waals surface area contributed by atoms with E-state index in [0.717, 1.165) is 11.3 Å². The highest BCUT2D eigenvalue weighted by atomic mass is 19.1. The van der Waals surface area contributed by atoms with E-state index in [9.17, 15) is 4.39 Å². The normalized spacial score (nSPS) is 9.76. The smallest absolute Gasteiger partial charge is 0.148 e. The second kappa shape index (κ2) is 7.20. The molecule has 0 radical (unpaired) electrons. The number of ether oxygens (including phenoxy) is 2. The van der Waals surface area contributed by atoms with Crippen molar-refractivity contribution in [3.63, 3.8) is 0 Å². The topological polar surface area (TPSA) is 30.5 Å². The molecule has 2 aromatic rings. The Hall–Kier alpha value is -2.67. The molecule has 0 saturated carbocycles. The summed E-state index contributed by atoms with van der Waals surface area (Å²) in [4.78, 5) is 0. The van der Waals surface area contributed by atoms with E-state index in [0.29, 0.717) is 18.0 Å². The Kier molecular flexibility index (Phi) is 5.05. The summed E-state index contributed by atoms with van der Waals surface area (Å²) in [7, 11) is 1.50. The van der Waals surface area contributed by atoms with Crippen molar-refractivity contribution in [3.8, 4) is 23.8 Å². The van der Waals surface area contributed by atoms with Gasteiger partial charge in [0.1, 0.15) is 23.9 Å². The molecular formula is C17H16FNO2. The number of rotatable bonds is 6. The van der Waals surface area contributed by atoms with Crippen LogP contribution in [0.15, 0.2) is 42.5 Å². The van der Waals surface area contributed by atoms with Crippen molar-refractivity contribution >= 4 is 5.69 Å². The highest BCUT2D eigenvalue weighted by Gasteiger charge is 2.06. The van der Waals surface area contributed by atoms with Crippen molar-refractivity contribution in [1.29, 1.82) is 0 Å². The van der Waals surface area contributed by atoms with Gasteiger partial charge in [0.15, 0.2) is 0 Å². The highest BCUT2D eigenvalue weighted by molar-refractivity contribution is 5.57. The molecular weight excluding hydrogens is 269 g/mol. The molecule has 0 unspecified atom stereocenters. The lowest BCUT2D eigenvalue weighted by Gasteiger charge is -2.13. The van der Waals surface area contributed by atoms with E-state index in [1.165, 1.54) is 19.2 Å². The number of nitrogens with one attached hydrogen (secondary N) is 1. The van der Waals surface area contributed by atoms with Crippen LogP contribution in [-0.4, -0.2) is 13.7 Å². The first-order chi connectivity index (χ1) is 10.2. The van der Waals surface area contributed by atoms with Gasteiger partial charge in [0.2, 0.25) is 0 Å². The van der Waals surface area contributed by atoms with Gasteiger partial charge < -0.3 is 14.8 Å². The lowest BCUT2D eigenvalue weighted by Crippen LogP contribution is -2.04. The summed E-state index contributed by atoms with van der Waals surface area (Å²) in [5.41, 5.74) is 1.67. The fourth-order valence-corrected chi connectivity index (χ4v) is 1.91. The Bertz CT molecular complexity index is 649. The third kappa shape index (κ3) is 3.90. The number of para-hydroxylation sites is 1. The molecule has 0 spiro atoms.